The number of halogens is 2. The quantitative estimate of drug-likeness (QED) is 0.443. The first kappa shape index (κ1) is 25.4. The molecule has 0 unspecified atom stereocenters. The zero-order valence-corrected chi connectivity index (χ0v) is 17.3. The Bertz CT molecular complexity index is 849. The topological polar surface area (TPSA) is 130 Å². The van der Waals surface area contributed by atoms with Gasteiger partial charge in [0.05, 0.1) is 11.5 Å². The third-order valence-corrected chi connectivity index (χ3v) is 5.63. The predicted octanol–water partition coefficient (Wildman–Crippen LogP) is 0.463. The number of sulfone groups is 1. The molecule has 0 heterocycles. The number of imide groups is 1. The lowest BCUT2D eigenvalue weighted by molar-refractivity contribution is -0.142. The highest BCUT2D eigenvalue weighted by atomic mass is 32.2. The number of para-hydroxylation sites is 1. The summed E-state index contributed by atoms with van der Waals surface area (Å²) in [6.07, 6.45) is -1.60. The number of carbonyl (C=O) groups excluding carboxylic acids is 3. The van der Waals surface area contributed by atoms with Gasteiger partial charge in [-0.25, -0.2) is 8.42 Å². The molecule has 168 valence electrons. The molecular formula is C18H24F2N2O7S. The standard InChI is InChI=1S/C18H24F2N2O7S/c1-3-13(17(26)22(4-2)11-23)21-16(25)14(24)10-30(27,28)9-12-7-5-6-8-15(12)29-18(19)20/h5-8,11,13-14,18,24H,3-4,9-10H2,1-2H3,(H,21,25)/t13-,14-/m1/s1. The lowest BCUT2D eigenvalue weighted by Crippen LogP contribution is -2.51. The number of benzene rings is 1. The molecule has 0 bridgehead atoms. The summed E-state index contributed by atoms with van der Waals surface area (Å²) in [7, 11) is -4.11. The highest BCUT2D eigenvalue weighted by Gasteiger charge is 2.29. The number of nitrogens with zero attached hydrogens (tertiary/aromatic N) is 1. The first-order valence-corrected chi connectivity index (χ1v) is 10.8. The number of amides is 3. The van der Waals surface area contributed by atoms with Gasteiger partial charge in [-0.05, 0) is 19.4 Å². The highest BCUT2D eigenvalue weighted by Crippen LogP contribution is 2.23. The minimum atomic E-state index is -4.11. The number of likely N-dealkylation sites (N-methyl/N-ethyl adjacent to an activating group) is 1. The second-order valence-electron chi connectivity index (χ2n) is 6.26. The molecule has 3 amide bonds. The van der Waals surface area contributed by atoms with E-state index in [0.717, 1.165) is 4.90 Å². The Morgan fingerprint density at radius 1 is 1.27 bits per heavy atom. The predicted molar refractivity (Wildman–Crippen MR) is 102 cm³/mol. The van der Waals surface area contributed by atoms with Crippen LogP contribution in [0.2, 0.25) is 0 Å². The monoisotopic (exact) mass is 450 g/mol. The van der Waals surface area contributed by atoms with Gasteiger partial charge in [-0.1, -0.05) is 25.1 Å². The molecule has 0 aliphatic rings. The number of alkyl halides is 2. The van der Waals surface area contributed by atoms with Crippen molar-refractivity contribution in [2.24, 2.45) is 0 Å². The molecule has 9 nitrogen and oxygen atoms in total. The molecule has 1 aromatic carbocycles. The minimum absolute atomic E-state index is 0.0587. The summed E-state index contributed by atoms with van der Waals surface area (Å²) in [5.41, 5.74) is -0.0587. The lowest BCUT2D eigenvalue weighted by atomic mass is 10.2. The van der Waals surface area contributed by atoms with E-state index in [1.54, 1.807) is 13.8 Å². The van der Waals surface area contributed by atoms with E-state index in [9.17, 15) is 36.7 Å². The third kappa shape index (κ3) is 7.67. The van der Waals surface area contributed by atoms with Crippen LogP contribution in [0.3, 0.4) is 0 Å². The van der Waals surface area contributed by atoms with E-state index in [2.05, 4.69) is 10.1 Å². The second-order valence-corrected chi connectivity index (χ2v) is 8.36. The number of hydrogen-bond donors (Lipinski definition) is 2. The molecule has 0 fully saturated rings. The summed E-state index contributed by atoms with van der Waals surface area (Å²) in [5, 5.41) is 12.2. The molecule has 0 saturated carbocycles. The van der Waals surface area contributed by atoms with Crippen LogP contribution in [0.15, 0.2) is 24.3 Å². The number of hydrogen-bond acceptors (Lipinski definition) is 7. The van der Waals surface area contributed by atoms with Crippen molar-refractivity contribution in [3.63, 3.8) is 0 Å². The summed E-state index contributed by atoms with van der Waals surface area (Å²) in [4.78, 5) is 36.0. The first-order valence-electron chi connectivity index (χ1n) is 9.01. The van der Waals surface area contributed by atoms with Gasteiger partial charge < -0.3 is 15.2 Å². The van der Waals surface area contributed by atoms with Crippen molar-refractivity contribution in [2.75, 3.05) is 12.3 Å². The molecule has 0 aliphatic heterocycles. The van der Waals surface area contributed by atoms with Gasteiger partial charge in [-0.15, -0.1) is 0 Å². The van der Waals surface area contributed by atoms with Gasteiger partial charge in [0.2, 0.25) is 6.41 Å². The fourth-order valence-electron chi connectivity index (χ4n) is 2.53. The number of carbonyl (C=O) groups is 3. The molecule has 1 rings (SSSR count). The number of nitrogens with one attached hydrogen (secondary N) is 1. The van der Waals surface area contributed by atoms with Gasteiger partial charge in [0.25, 0.3) is 11.8 Å². The van der Waals surface area contributed by atoms with Crippen LogP contribution < -0.4 is 10.1 Å². The van der Waals surface area contributed by atoms with Gasteiger partial charge in [0.15, 0.2) is 9.84 Å². The minimum Gasteiger partial charge on any atom is -0.435 e. The van der Waals surface area contributed by atoms with Crippen molar-refractivity contribution in [1.29, 1.82) is 0 Å². The fraction of sp³-hybridized carbons (Fsp3) is 0.500. The zero-order chi connectivity index (χ0) is 22.9. The van der Waals surface area contributed by atoms with Crippen LogP contribution in [-0.4, -0.2) is 67.7 Å². The van der Waals surface area contributed by atoms with E-state index >= 15 is 0 Å². The number of rotatable bonds is 12. The molecule has 0 aliphatic carbocycles. The van der Waals surface area contributed by atoms with Crippen LogP contribution in [0.25, 0.3) is 0 Å². The van der Waals surface area contributed by atoms with E-state index in [-0.39, 0.29) is 24.3 Å². The summed E-state index contributed by atoms with van der Waals surface area (Å²) >= 11 is 0. The Morgan fingerprint density at radius 3 is 2.43 bits per heavy atom. The maximum Gasteiger partial charge on any atom is 0.387 e. The molecule has 1 aromatic rings. The summed E-state index contributed by atoms with van der Waals surface area (Å²) < 4.78 is 53.9. The van der Waals surface area contributed by atoms with Crippen LogP contribution in [0, 0.1) is 0 Å². The Labute approximate surface area is 172 Å². The molecule has 0 saturated heterocycles. The molecule has 0 aromatic heterocycles. The van der Waals surface area contributed by atoms with E-state index < -0.39 is 51.9 Å². The van der Waals surface area contributed by atoms with Gasteiger partial charge in [-0.2, -0.15) is 8.78 Å². The smallest absolute Gasteiger partial charge is 0.387 e. The molecule has 2 atom stereocenters. The van der Waals surface area contributed by atoms with Crippen molar-refractivity contribution in [3.8, 4) is 5.75 Å². The van der Waals surface area contributed by atoms with E-state index in [0.29, 0.717) is 6.41 Å². The average Bonchev–Trinajstić information content (AvgIpc) is 2.67. The molecule has 0 radical (unpaired) electrons. The van der Waals surface area contributed by atoms with Crippen molar-refractivity contribution in [1.82, 2.24) is 10.2 Å². The Hall–Kier alpha value is -2.60. The normalized spacial score (nSPS) is 13.4. The Kier molecular flexibility index (Phi) is 9.79. The van der Waals surface area contributed by atoms with Gasteiger partial charge >= 0.3 is 6.61 Å². The molecule has 2 N–H and O–H groups in total. The highest BCUT2D eigenvalue weighted by molar-refractivity contribution is 7.90. The van der Waals surface area contributed by atoms with Crippen LogP contribution in [0.4, 0.5) is 8.78 Å². The molecule has 0 spiro atoms. The molecular weight excluding hydrogens is 426 g/mol. The van der Waals surface area contributed by atoms with Crippen molar-refractivity contribution in [3.05, 3.63) is 29.8 Å². The van der Waals surface area contributed by atoms with Crippen LogP contribution in [0.5, 0.6) is 5.75 Å². The van der Waals surface area contributed by atoms with Gasteiger partial charge in [-0.3, -0.25) is 19.3 Å². The SMILES string of the molecule is CC[C@@H](NC(=O)[C@H](O)CS(=O)(=O)Cc1ccccc1OC(F)F)C(=O)N(C=O)CC. The van der Waals surface area contributed by atoms with Crippen LogP contribution in [0.1, 0.15) is 25.8 Å². The van der Waals surface area contributed by atoms with Gasteiger partial charge in [0, 0.05) is 12.1 Å². The Balaban J connectivity index is 2.83. The summed E-state index contributed by atoms with van der Waals surface area (Å²) in [6, 6.07) is 4.13. The van der Waals surface area contributed by atoms with Crippen LogP contribution >= 0.6 is 0 Å². The van der Waals surface area contributed by atoms with Crippen LogP contribution in [-0.2, 0) is 30.0 Å². The summed E-state index contributed by atoms with van der Waals surface area (Å²) in [6.45, 7) is 0.0384. The average molecular weight is 450 g/mol. The van der Waals surface area contributed by atoms with E-state index in [1.807, 2.05) is 0 Å². The Morgan fingerprint density at radius 2 is 1.90 bits per heavy atom. The molecule has 30 heavy (non-hydrogen) atoms. The van der Waals surface area contributed by atoms with Gasteiger partial charge in [0.1, 0.15) is 17.9 Å². The fourth-order valence-corrected chi connectivity index (χ4v) is 4.00. The maximum atomic E-state index is 12.5. The van der Waals surface area contributed by atoms with E-state index in [4.69, 9.17) is 0 Å². The number of aliphatic hydroxyl groups is 1. The first-order chi connectivity index (χ1) is 14.0. The second kappa shape index (κ2) is 11.6. The van der Waals surface area contributed by atoms with Crippen molar-refractivity contribution < 1.29 is 41.4 Å². The largest absolute Gasteiger partial charge is 0.435 e. The molecule has 12 heteroatoms. The number of ether oxygens (including phenoxy) is 1. The van der Waals surface area contributed by atoms with Crippen molar-refractivity contribution >= 4 is 28.1 Å². The number of aliphatic hydroxyl groups excluding tert-OH is 1. The van der Waals surface area contributed by atoms with E-state index in [1.165, 1.54) is 24.3 Å². The maximum absolute atomic E-state index is 12.5. The third-order valence-electron chi connectivity index (χ3n) is 4.05. The lowest BCUT2D eigenvalue weighted by Gasteiger charge is -2.22. The zero-order valence-electron chi connectivity index (χ0n) is 16.5. The summed E-state index contributed by atoms with van der Waals surface area (Å²) in [5.74, 6) is -3.89. The van der Waals surface area contributed by atoms with Crippen molar-refractivity contribution in [2.45, 2.75) is 44.8 Å².